The van der Waals surface area contributed by atoms with Crippen LogP contribution < -0.4 is 10.5 Å². The molecule has 9 heteroatoms. The van der Waals surface area contributed by atoms with E-state index in [2.05, 4.69) is 14.9 Å². The Bertz CT molecular complexity index is 740. The third-order valence-electron chi connectivity index (χ3n) is 3.52. The lowest BCUT2D eigenvalue weighted by atomic mass is 9.89. The highest BCUT2D eigenvalue weighted by molar-refractivity contribution is 7.89. The second-order valence-electron chi connectivity index (χ2n) is 5.06. The second-order valence-corrected chi connectivity index (χ2v) is 6.77. The van der Waals surface area contributed by atoms with Crippen LogP contribution in [0.3, 0.4) is 0 Å². The first kappa shape index (κ1) is 16.2. The Morgan fingerprint density at radius 3 is 2.81 bits per heavy atom. The number of nitrogens with two attached hydrogens (primary N) is 1. The predicted octanol–water partition coefficient (Wildman–Crippen LogP) is 0.975. The van der Waals surface area contributed by atoms with Crippen molar-refractivity contribution in [3.63, 3.8) is 0 Å². The Morgan fingerprint density at radius 1 is 1.48 bits per heavy atom. The summed E-state index contributed by atoms with van der Waals surface area (Å²) >= 11 is 0. The highest BCUT2D eigenvalue weighted by Crippen LogP contribution is 2.23. The van der Waals surface area contributed by atoms with Crippen molar-refractivity contribution < 1.29 is 12.9 Å². The summed E-state index contributed by atoms with van der Waals surface area (Å²) in [5.74, 6) is 0. The average molecular weight is 333 g/mol. The fourth-order valence-electron chi connectivity index (χ4n) is 2.31. The van der Waals surface area contributed by atoms with Crippen LogP contribution in [0.15, 0.2) is 21.7 Å². The predicted molar refractivity (Wildman–Crippen MR) is 79.7 cm³/mol. The van der Waals surface area contributed by atoms with Gasteiger partial charge in [-0.2, -0.15) is 0 Å². The number of hydrogen-bond acceptors (Lipinski definition) is 6. The molecule has 21 heavy (non-hydrogen) atoms. The molecule has 0 bridgehead atoms. The van der Waals surface area contributed by atoms with Crippen LogP contribution in [0, 0.1) is 0 Å². The van der Waals surface area contributed by atoms with Crippen LogP contribution in [0.5, 0.6) is 0 Å². The minimum absolute atomic E-state index is 0. The first-order valence-corrected chi connectivity index (χ1v) is 8.00. The molecule has 1 aliphatic carbocycles. The molecule has 2 heterocycles. The number of halogens is 1. The lowest BCUT2D eigenvalue weighted by Crippen LogP contribution is -2.50. The van der Waals surface area contributed by atoms with Gasteiger partial charge in [-0.05, 0) is 25.3 Å². The smallest absolute Gasteiger partial charge is 0.258 e. The van der Waals surface area contributed by atoms with Gasteiger partial charge in [0.2, 0.25) is 10.0 Å². The molecular formula is C12H17ClN4O3S. The number of hydrogen-bond donors (Lipinski definition) is 2. The van der Waals surface area contributed by atoms with Crippen LogP contribution >= 0.6 is 12.4 Å². The van der Waals surface area contributed by atoms with E-state index in [-0.39, 0.29) is 29.4 Å². The van der Waals surface area contributed by atoms with E-state index < -0.39 is 10.0 Å². The molecule has 0 aliphatic heterocycles. The lowest BCUT2D eigenvalue weighted by molar-refractivity contribution is 0.327. The molecule has 1 saturated carbocycles. The van der Waals surface area contributed by atoms with E-state index in [1.807, 2.05) is 6.92 Å². The Labute approximate surface area is 128 Å². The van der Waals surface area contributed by atoms with Crippen molar-refractivity contribution in [2.24, 2.45) is 5.73 Å². The van der Waals surface area contributed by atoms with Gasteiger partial charge in [-0.1, -0.05) is 12.1 Å². The summed E-state index contributed by atoms with van der Waals surface area (Å²) in [6, 6.07) is 1.56. The van der Waals surface area contributed by atoms with Crippen molar-refractivity contribution in [3.8, 4) is 0 Å². The third kappa shape index (κ3) is 3.03. The van der Waals surface area contributed by atoms with Crippen molar-refractivity contribution in [1.29, 1.82) is 0 Å². The third-order valence-corrected chi connectivity index (χ3v) is 5.01. The molecule has 0 aromatic carbocycles. The summed E-state index contributed by atoms with van der Waals surface area (Å²) in [5.41, 5.74) is 6.71. The molecule has 0 atom stereocenters. The lowest BCUT2D eigenvalue weighted by Gasteiger charge is -2.32. The summed E-state index contributed by atoms with van der Waals surface area (Å²) < 4.78 is 32.2. The molecule has 7 nitrogen and oxygen atoms in total. The van der Waals surface area contributed by atoms with Gasteiger partial charge in [-0.25, -0.2) is 18.1 Å². The number of rotatable bonds is 4. The van der Waals surface area contributed by atoms with Crippen LogP contribution in [0.1, 0.15) is 25.5 Å². The van der Waals surface area contributed by atoms with Crippen LogP contribution in [0.25, 0.3) is 11.1 Å². The molecular weight excluding hydrogens is 316 g/mol. The van der Waals surface area contributed by atoms with Crippen molar-refractivity contribution >= 4 is 33.5 Å². The van der Waals surface area contributed by atoms with Crippen LogP contribution in [-0.2, 0) is 16.4 Å². The van der Waals surface area contributed by atoms with Gasteiger partial charge >= 0.3 is 0 Å². The standard InChI is InChI=1S/C12H16N4O3S.ClH/c1-2-11-10-5-9(6-14-12(10)19-15-11)20(17,18)16-8-3-7(13)4-8;/h5-8,16H,2-4,13H2,1H3;1H. The number of aromatic nitrogens is 2. The molecule has 0 spiro atoms. The van der Waals surface area contributed by atoms with Gasteiger partial charge in [0.25, 0.3) is 5.71 Å². The van der Waals surface area contributed by atoms with Gasteiger partial charge in [0, 0.05) is 12.1 Å². The molecule has 1 aliphatic rings. The molecule has 1 fully saturated rings. The molecule has 3 rings (SSSR count). The number of fused-ring (bicyclic) bond motifs is 1. The van der Waals surface area contributed by atoms with Crippen LogP contribution in [0.4, 0.5) is 0 Å². The summed E-state index contributed by atoms with van der Waals surface area (Å²) in [5, 5.41) is 4.51. The first-order valence-electron chi connectivity index (χ1n) is 6.52. The Morgan fingerprint density at radius 2 is 2.19 bits per heavy atom. The highest BCUT2D eigenvalue weighted by atomic mass is 35.5. The molecule has 2 aromatic rings. The van der Waals surface area contributed by atoms with Gasteiger partial charge in [-0.15, -0.1) is 12.4 Å². The quantitative estimate of drug-likeness (QED) is 0.863. The van der Waals surface area contributed by atoms with Gasteiger partial charge in [0.15, 0.2) is 0 Å². The second kappa shape index (κ2) is 5.88. The molecule has 2 aromatic heterocycles. The maximum Gasteiger partial charge on any atom is 0.258 e. The fraction of sp³-hybridized carbons (Fsp3) is 0.500. The molecule has 0 radical (unpaired) electrons. The number of nitrogens with zero attached hydrogens (tertiary/aromatic N) is 2. The average Bonchev–Trinajstić information content (AvgIpc) is 2.78. The van der Waals surface area contributed by atoms with Gasteiger partial charge in [0.05, 0.1) is 17.3 Å². The molecule has 0 amide bonds. The summed E-state index contributed by atoms with van der Waals surface area (Å²) in [6.45, 7) is 1.92. The van der Waals surface area contributed by atoms with Crippen LogP contribution in [0.2, 0.25) is 0 Å². The molecule has 0 unspecified atom stereocenters. The summed E-state index contributed by atoms with van der Waals surface area (Å²) in [7, 11) is -3.58. The first-order chi connectivity index (χ1) is 9.49. The van der Waals surface area contributed by atoms with Crippen molar-refractivity contribution in [2.75, 3.05) is 0 Å². The van der Waals surface area contributed by atoms with Crippen LogP contribution in [-0.4, -0.2) is 30.6 Å². The van der Waals surface area contributed by atoms with Crippen molar-refractivity contribution in [3.05, 3.63) is 18.0 Å². The van der Waals surface area contributed by atoms with E-state index in [4.69, 9.17) is 10.3 Å². The SMILES string of the molecule is CCc1noc2ncc(S(=O)(=O)NC3CC(N)C3)cc12.Cl. The zero-order chi connectivity index (χ0) is 14.3. The normalized spacial score (nSPS) is 21.8. The maximum atomic E-state index is 12.3. The molecule has 0 saturated heterocycles. The zero-order valence-electron chi connectivity index (χ0n) is 11.4. The number of nitrogens with one attached hydrogen (secondary N) is 1. The molecule has 3 N–H and O–H groups in total. The topological polar surface area (TPSA) is 111 Å². The highest BCUT2D eigenvalue weighted by Gasteiger charge is 2.30. The number of aryl methyl sites for hydroxylation is 1. The van der Waals surface area contributed by atoms with Crippen molar-refractivity contribution in [2.45, 2.75) is 43.2 Å². The number of pyridine rings is 1. The Balaban J connectivity index is 0.00000161. The molecule has 116 valence electrons. The summed E-state index contributed by atoms with van der Waals surface area (Å²) in [4.78, 5) is 4.14. The van der Waals surface area contributed by atoms with E-state index in [9.17, 15) is 8.42 Å². The van der Waals surface area contributed by atoms with Crippen molar-refractivity contribution in [1.82, 2.24) is 14.9 Å². The minimum Gasteiger partial charge on any atom is -0.336 e. The maximum absolute atomic E-state index is 12.3. The van der Waals surface area contributed by atoms with E-state index >= 15 is 0 Å². The van der Waals surface area contributed by atoms with E-state index in [0.717, 1.165) is 0 Å². The number of sulfonamides is 1. The van der Waals surface area contributed by atoms with E-state index in [1.165, 1.54) is 6.20 Å². The fourth-order valence-corrected chi connectivity index (χ4v) is 3.54. The van der Waals surface area contributed by atoms with E-state index in [1.54, 1.807) is 6.07 Å². The zero-order valence-corrected chi connectivity index (χ0v) is 13.1. The Kier molecular flexibility index (Phi) is 4.52. The largest absolute Gasteiger partial charge is 0.336 e. The summed E-state index contributed by atoms with van der Waals surface area (Å²) in [6.07, 6.45) is 3.28. The Hall–Kier alpha value is -1.22. The van der Waals surface area contributed by atoms with E-state index in [0.29, 0.717) is 36.1 Å². The van der Waals surface area contributed by atoms with Gasteiger partial charge in [-0.3, -0.25) is 0 Å². The van der Waals surface area contributed by atoms with Gasteiger partial charge in [0.1, 0.15) is 4.90 Å². The monoisotopic (exact) mass is 332 g/mol. The van der Waals surface area contributed by atoms with Gasteiger partial charge < -0.3 is 10.3 Å². The minimum atomic E-state index is -3.58.